The highest BCUT2D eigenvalue weighted by Gasteiger charge is 2.31. The average Bonchev–Trinajstić information content (AvgIpc) is 3.36. The van der Waals surface area contributed by atoms with Crippen molar-refractivity contribution in [2.75, 3.05) is 0 Å². The van der Waals surface area contributed by atoms with Crippen molar-refractivity contribution in [1.29, 1.82) is 0 Å². The van der Waals surface area contributed by atoms with E-state index in [2.05, 4.69) is 84.9 Å². The number of fused-ring (bicyclic) bond motifs is 2. The molecule has 7 heteroatoms. The van der Waals surface area contributed by atoms with Crippen LogP contribution in [0.4, 0.5) is 0 Å². The molecule has 11 rings (SSSR count). The Morgan fingerprint density at radius 3 is 1.61 bits per heavy atom. The van der Waals surface area contributed by atoms with Gasteiger partial charge in [-0.2, -0.15) is 0 Å². The lowest BCUT2D eigenvalue weighted by atomic mass is 9.82. The molecule has 0 fully saturated rings. The highest BCUT2D eigenvalue weighted by Crippen LogP contribution is 2.45. The van der Waals surface area contributed by atoms with Gasteiger partial charge < -0.3 is 9.47 Å². The van der Waals surface area contributed by atoms with Crippen molar-refractivity contribution < 1.29 is 9.47 Å². The molecule has 0 spiro atoms. The van der Waals surface area contributed by atoms with E-state index in [1.165, 1.54) is 0 Å². The van der Waals surface area contributed by atoms with Gasteiger partial charge in [0.2, 0.25) is 0 Å². The quantitative estimate of drug-likeness (QED) is 0.151. The summed E-state index contributed by atoms with van der Waals surface area (Å²) in [5.74, 6) is 4.00. The van der Waals surface area contributed by atoms with Gasteiger partial charge in [0.05, 0.1) is 11.4 Å². The number of para-hydroxylation sites is 1. The molecule has 0 saturated heterocycles. The first-order valence-corrected chi connectivity index (χ1v) is 20.9. The zero-order valence-electron chi connectivity index (χ0n) is 33.6. The minimum atomic E-state index is -0.186. The van der Waals surface area contributed by atoms with E-state index in [-0.39, 0.29) is 18.1 Å². The molecule has 7 nitrogen and oxygen atoms in total. The van der Waals surface area contributed by atoms with Gasteiger partial charge in [0.15, 0.2) is 41.2 Å². The first-order chi connectivity index (χ1) is 30.7. The normalized spacial score (nSPS) is 17.5. The van der Waals surface area contributed by atoms with Crippen LogP contribution in [0.3, 0.4) is 0 Å². The Morgan fingerprint density at radius 2 is 0.968 bits per heavy atom. The van der Waals surface area contributed by atoms with E-state index in [1.807, 2.05) is 121 Å². The Hall–Kier alpha value is -8.03. The van der Waals surface area contributed by atoms with Crippen molar-refractivity contribution in [2.24, 2.45) is 0 Å². The standard InChI is InChI=1S/C55H39N5O2/c1-5-17-36(18-6-1)45-34-42(31-32-44(45)55-59-53(38-21-9-3-10-22-38)58-54(60-55)39-23-11-4-12-24-39)47-35-46(56-52(57-47)37-19-7-2-8-20-37)41-26-15-25-40(33-41)43-27-16-30-50-51(43)62-49-29-14-13-28-48(49)61-50/h1-31,33-35,44,48-49H,32H2. The maximum atomic E-state index is 6.57. The first-order valence-electron chi connectivity index (χ1n) is 20.9. The van der Waals surface area contributed by atoms with Crippen molar-refractivity contribution in [2.45, 2.75) is 24.5 Å². The predicted molar refractivity (Wildman–Crippen MR) is 246 cm³/mol. The van der Waals surface area contributed by atoms with Crippen LogP contribution in [-0.4, -0.2) is 37.1 Å². The van der Waals surface area contributed by atoms with Crippen molar-refractivity contribution in [3.8, 4) is 68.0 Å². The monoisotopic (exact) mass is 801 g/mol. The molecule has 0 N–H and O–H groups in total. The molecule has 3 atom stereocenters. The van der Waals surface area contributed by atoms with E-state index in [4.69, 9.17) is 34.4 Å². The third kappa shape index (κ3) is 7.30. The van der Waals surface area contributed by atoms with Gasteiger partial charge in [-0.05, 0) is 65.1 Å². The van der Waals surface area contributed by atoms with Crippen molar-refractivity contribution in [3.63, 3.8) is 0 Å². The van der Waals surface area contributed by atoms with Gasteiger partial charge >= 0.3 is 0 Å². The Bertz CT molecular complexity index is 3000. The van der Waals surface area contributed by atoms with Gasteiger partial charge in [0, 0.05) is 33.7 Å². The number of aromatic nitrogens is 5. The first kappa shape index (κ1) is 37.0. The largest absolute Gasteiger partial charge is 0.478 e. The summed E-state index contributed by atoms with van der Waals surface area (Å²) in [6, 6.07) is 57.6. The van der Waals surface area contributed by atoms with E-state index in [1.54, 1.807) is 0 Å². The number of allylic oxidation sites excluding steroid dienone is 6. The second-order valence-electron chi connectivity index (χ2n) is 15.5. The smallest absolute Gasteiger partial charge is 0.170 e. The van der Waals surface area contributed by atoms with Crippen LogP contribution in [0.15, 0.2) is 206 Å². The number of benzene rings is 6. The lowest BCUT2D eigenvalue weighted by Crippen LogP contribution is -2.38. The zero-order valence-corrected chi connectivity index (χ0v) is 33.6. The summed E-state index contributed by atoms with van der Waals surface area (Å²) in [4.78, 5) is 25.8. The predicted octanol–water partition coefficient (Wildman–Crippen LogP) is 12.3. The molecule has 1 aliphatic heterocycles. The highest BCUT2D eigenvalue weighted by molar-refractivity contribution is 5.89. The molecule has 62 heavy (non-hydrogen) atoms. The summed E-state index contributed by atoms with van der Waals surface area (Å²) in [6.45, 7) is 0. The zero-order chi connectivity index (χ0) is 41.2. The fourth-order valence-electron chi connectivity index (χ4n) is 8.34. The Balaban J connectivity index is 1.01. The maximum Gasteiger partial charge on any atom is 0.170 e. The maximum absolute atomic E-state index is 6.57. The summed E-state index contributed by atoms with van der Waals surface area (Å²) < 4.78 is 13.0. The topological polar surface area (TPSA) is 82.9 Å². The summed E-state index contributed by atoms with van der Waals surface area (Å²) in [5.41, 5.74) is 10.6. The summed E-state index contributed by atoms with van der Waals surface area (Å²) in [5, 5.41) is 0. The lowest BCUT2D eigenvalue weighted by Gasteiger charge is -2.33. The van der Waals surface area contributed by atoms with E-state index >= 15 is 0 Å². The Labute approximate surface area is 360 Å². The molecule has 3 unspecified atom stereocenters. The highest BCUT2D eigenvalue weighted by atomic mass is 16.6. The Kier molecular flexibility index (Phi) is 9.67. The van der Waals surface area contributed by atoms with Crippen LogP contribution in [-0.2, 0) is 0 Å². The fourth-order valence-corrected chi connectivity index (χ4v) is 8.34. The van der Waals surface area contributed by atoms with E-state index in [0.29, 0.717) is 23.9 Å². The molecule has 6 aromatic carbocycles. The summed E-state index contributed by atoms with van der Waals surface area (Å²) in [6.07, 6.45) is 12.9. The van der Waals surface area contributed by atoms with Gasteiger partial charge in [-0.25, -0.2) is 24.9 Å². The molecule has 3 aliphatic rings. The number of hydrogen-bond acceptors (Lipinski definition) is 7. The number of ether oxygens (including phenoxy) is 2. The van der Waals surface area contributed by atoms with E-state index in [0.717, 1.165) is 78.8 Å². The van der Waals surface area contributed by atoms with Crippen LogP contribution < -0.4 is 9.47 Å². The minimum Gasteiger partial charge on any atom is -0.478 e. The summed E-state index contributed by atoms with van der Waals surface area (Å²) >= 11 is 0. The van der Waals surface area contributed by atoms with Crippen LogP contribution in [0.1, 0.15) is 29.4 Å². The molecule has 2 aromatic heterocycles. The van der Waals surface area contributed by atoms with Crippen molar-refractivity contribution >= 4 is 11.1 Å². The van der Waals surface area contributed by atoms with Gasteiger partial charge in [0.25, 0.3) is 0 Å². The third-order valence-electron chi connectivity index (χ3n) is 11.5. The van der Waals surface area contributed by atoms with Crippen LogP contribution in [0.25, 0.3) is 67.7 Å². The molecule has 0 saturated carbocycles. The van der Waals surface area contributed by atoms with E-state index < -0.39 is 0 Å². The molecule has 0 radical (unpaired) electrons. The molecular weight excluding hydrogens is 763 g/mol. The minimum absolute atomic E-state index is 0.140. The van der Waals surface area contributed by atoms with Crippen molar-refractivity contribution in [3.05, 3.63) is 223 Å². The second kappa shape index (κ2) is 16.2. The lowest BCUT2D eigenvalue weighted by molar-refractivity contribution is 0.0762. The van der Waals surface area contributed by atoms with Crippen LogP contribution in [0.5, 0.6) is 11.5 Å². The van der Waals surface area contributed by atoms with Crippen LogP contribution >= 0.6 is 0 Å². The van der Waals surface area contributed by atoms with Gasteiger partial charge in [-0.1, -0.05) is 170 Å². The van der Waals surface area contributed by atoms with Crippen LogP contribution in [0.2, 0.25) is 0 Å². The molecule has 2 aliphatic carbocycles. The number of nitrogens with zero attached hydrogens (tertiary/aromatic N) is 5. The van der Waals surface area contributed by atoms with Crippen molar-refractivity contribution in [1.82, 2.24) is 24.9 Å². The van der Waals surface area contributed by atoms with E-state index in [9.17, 15) is 0 Å². The van der Waals surface area contributed by atoms with Gasteiger partial charge in [-0.3, -0.25) is 0 Å². The number of rotatable bonds is 8. The molecular formula is C55H39N5O2. The molecule has 8 aromatic rings. The average molecular weight is 802 g/mol. The molecule has 0 bridgehead atoms. The van der Waals surface area contributed by atoms with Crippen LogP contribution in [0, 0.1) is 0 Å². The van der Waals surface area contributed by atoms with Gasteiger partial charge in [0.1, 0.15) is 5.82 Å². The third-order valence-corrected chi connectivity index (χ3v) is 11.5. The fraction of sp³-hybridized carbons (Fsp3) is 0.0727. The summed E-state index contributed by atoms with van der Waals surface area (Å²) in [7, 11) is 0. The molecule has 296 valence electrons. The molecule has 0 amide bonds. The second-order valence-corrected chi connectivity index (χ2v) is 15.5. The SMILES string of the molecule is C1=CC2Oc3cccc(-c4cccc(-c5cc(C6=CCC(c7nc(-c8ccccc8)nc(-c8ccccc8)n7)C(c7ccccc7)=C6)nc(-c6ccccc6)n5)c4)c3OC2C=C1. The molecule has 3 heterocycles. The van der Waals surface area contributed by atoms with Gasteiger partial charge in [-0.15, -0.1) is 0 Å². The number of hydrogen-bond donors (Lipinski definition) is 0. The Morgan fingerprint density at radius 1 is 0.435 bits per heavy atom.